The number of rotatable bonds is 7. The molecule has 162 valence electrons. The van der Waals surface area contributed by atoms with Crippen molar-refractivity contribution in [3.05, 3.63) is 59.5 Å². The molecule has 1 atom stereocenters. The predicted octanol–water partition coefficient (Wildman–Crippen LogP) is 4.14. The van der Waals surface area contributed by atoms with Crippen LogP contribution in [0, 0.1) is 0 Å². The third-order valence-electron chi connectivity index (χ3n) is 5.38. The zero-order chi connectivity index (χ0) is 21.8. The first-order valence-electron chi connectivity index (χ1n) is 10.6. The Balaban J connectivity index is 1.59. The van der Waals surface area contributed by atoms with Gasteiger partial charge in [0.25, 0.3) is 0 Å². The van der Waals surface area contributed by atoms with Crippen LogP contribution >= 0.6 is 11.8 Å². The lowest BCUT2D eigenvalue weighted by Crippen LogP contribution is -2.55. The van der Waals surface area contributed by atoms with E-state index in [9.17, 15) is 14.7 Å². The largest absolute Gasteiger partial charge is 0.492 e. The van der Waals surface area contributed by atoms with E-state index in [1.165, 1.54) is 37.8 Å². The number of ketones is 2. The molecule has 0 bridgehead atoms. The van der Waals surface area contributed by atoms with E-state index in [0.717, 1.165) is 23.4 Å². The molecule has 1 aliphatic carbocycles. The lowest BCUT2D eigenvalue weighted by Gasteiger charge is -2.43. The number of nitrogens with one attached hydrogen (secondary N) is 2. The molecule has 0 aromatic heterocycles. The number of aliphatic hydroxyl groups excluding tert-OH is 1. The Bertz CT molecular complexity index is 1010. The highest BCUT2D eigenvalue weighted by molar-refractivity contribution is 8.13. The summed E-state index contributed by atoms with van der Waals surface area (Å²) in [6.45, 7) is 2.20. The molecule has 0 amide bonds. The van der Waals surface area contributed by atoms with E-state index >= 15 is 0 Å². The first-order chi connectivity index (χ1) is 15.1. The van der Waals surface area contributed by atoms with E-state index in [-0.39, 0.29) is 5.88 Å². The van der Waals surface area contributed by atoms with Gasteiger partial charge in [0.05, 0.1) is 0 Å². The number of anilines is 1. The van der Waals surface area contributed by atoms with Gasteiger partial charge >= 0.3 is 0 Å². The molecule has 1 aromatic rings. The number of unbranched alkanes of at least 4 members (excludes halogenated alkanes) is 4. The van der Waals surface area contributed by atoms with Gasteiger partial charge in [0, 0.05) is 22.6 Å². The second-order valence-electron chi connectivity index (χ2n) is 7.63. The number of aliphatic hydroxyl groups is 1. The molecule has 1 aromatic carbocycles. The fourth-order valence-corrected chi connectivity index (χ4v) is 4.63. The number of carbonyl (C=O) groups is 2. The molecule has 0 saturated heterocycles. The SMILES string of the molecule is CCCCCCCSC1=NC(O)=C2c3ccccc3N[C@H](C3=CC(=O)C(=O)C=C3)N2N1. The first kappa shape index (κ1) is 21.2. The number of thioether (sulfide) groups is 1. The molecule has 0 saturated carbocycles. The molecule has 7 nitrogen and oxygen atoms in total. The van der Waals surface area contributed by atoms with Crippen molar-refractivity contribution in [2.45, 2.75) is 45.2 Å². The lowest BCUT2D eigenvalue weighted by atomic mass is 9.98. The van der Waals surface area contributed by atoms with Gasteiger partial charge in [-0.15, -0.1) is 0 Å². The Labute approximate surface area is 186 Å². The summed E-state index contributed by atoms with van der Waals surface area (Å²) in [6.07, 6.45) is 9.73. The first-order valence-corrected chi connectivity index (χ1v) is 11.6. The fourth-order valence-electron chi connectivity index (χ4n) is 3.78. The second kappa shape index (κ2) is 9.43. The summed E-state index contributed by atoms with van der Waals surface area (Å²) in [5, 5.41) is 16.6. The summed E-state index contributed by atoms with van der Waals surface area (Å²) in [7, 11) is 0. The van der Waals surface area contributed by atoms with E-state index in [0.29, 0.717) is 16.4 Å². The van der Waals surface area contributed by atoms with Crippen molar-refractivity contribution >= 4 is 39.9 Å². The van der Waals surface area contributed by atoms with Gasteiger partial charge in [0.15, 0.2) is 5.17 Å². The molecule has 4 rings (SSSR count). The van der Waals surface area contributed by atoms with Crippen LogP contribution in [0.5, 0.6) is 0 Å². The number of nitrogens with zero attached hydrogens (tertiary/aromatic N) is 2. The van der Waals surface area contributed by atoms with Crippen molar-refractivity contribution in [2.24, 2.45) is 4.99 Å². The van der Waals surface area contributed by atoms with Crippen LogP contribution in [0.15, 0.2) is 58.9 Å². The molecule has 0 spiro atoms. The summed E-state index contributed by atoms with van der Waals surface area (Å²) < 4.78 is 0. The van der Waals surface area contributed by atoms with E-state index < -0.39 is 17.7 Å². The summed E-state index contributed by atoms with van der Waals surface area (Å²) in [5.41, 5.74) is 6.07. The van der Waals surface area contributed by atoms with Crippen LogP contribution < -0.4 is 10.7 Å². The number of aliphatic imine (C=N–C) groups is 1. The third kappa shape index (κ3) is 4.54. The summed E-state index contributed by atoms with van der Waals surface area (Å²) in [4.78, 5) is 28.0. The molecule has 31 heavy (non-hydrogen) atoms. The van der Waals surface area contributed by atoms with Crippen molar-refractivity contribution in [3.8, 4) is 0 Å². The number of hydrogen-bond acceptors (Lipinski definition) is 8. The number of carbonyl (C=O) groups excluding carboxylic acids is 2. The Hall–Kier alpha value is -3.00. The standard InChI is InChI=1S/C23H26N4O3S/c1-2-3-4-5-8-13-31-23-25-22(30)20-16-9-6-7-10-17(16)24-21(27(20)26-23)15-11-12-18(28)19(29)14-15/h6-7,9-12,14,21,24,30H,2-5,8,13H2,1H3,(H,25,26)/t21-/m0/s1. The molecule has 0 radical (unpaired) electrons. The van der Waals surface area contributed by atoms with E-state index in [4.69, 9.17) is 0 Å². The monoisotopic (exact) mass is 438 g/mol. The molecule has 2 aliphatic heterocycles. The maximum atomic E-state index is 12.0. The molecular formula is C23H26N4O3S. The highest BCUT2D eigenvalue weighted by Crippen LogP contribution is 2.38. The van der Waals surface area contributed by atoms with Crippen LogP contribution in [0.2, 0.25) is 0 Å². The molecule has 2 heterocycles. The van der Waals surface area contributed by atoms with E-state index in [1.54, 1.807) is 22.8 Å². The zero-order valence-electron chi connectivity index (χ0n) is 17.4. The Morgan fingerprint density at radius 1 is 1.10 bits per heavy atom. The second-order valence-corrected chi connectivity index (χ2v) is 8.72. The van der Waals surface area contributed by atoms with Crippen molar-refractivity contribution < 1.29 is 14.7 Å². The average molecular weight is 439 g/mol. The normalized spacial score (nSPS) is 19.9. The molecule has 8 heteroatoms. The van der Waals surface area contributed by atoms with Crippen LogP contribution in [-0.4, -0.2) is 38.8 Å². The minimum Gasteiger partial charge on any atom is -0.492 e. The summed E-state index contributed by atoms with van der Waals surface area (Å²) in [6, 6.07) is 7.60. The van der Waals surface area contributed by atoms with Gasteiger partial charge in [-0.25, -0.2) is 0 Å². The van der Waals surface area contributed by atoms with Gasteiger partial charge in [-0.05, 0) is 24.6 Å². The molecule has 0 fully saturated rings. The Morgan fingerprint density at radius 2 is 1.90 bits per heavy atom. The molecule has 3 aliphatic rings. The predicted molar refractivity (Wildman–Crippen MR) is 124 cm³/mol. The van der Waals surface area contributed by atoms with Gasteiger partial charge in [0.2, 0.25) is 17.4 Å². The Kier molecular flexibility index (Phi) is 6.46. The molecule has 3 N–H and O–H groups in total. The summed E-state index contributed by atoms with van der Waals surface area (Å²) in [5.74, 6) is -0.267. The fraction of sp³-hybridized carbons (Fsp3) is 0.348. The van der Waals surface area contributed by atoms with E-state index in [1.807, 2.05) is 24.3 Å². The van der Waals surface area contributed by atoms with Crippen LogP contribution in [0.3, 0.4) is 0 Å². The molecule has 0 unspecified atom stereocenters. The van der Waals surface area contributed by atoms with E-state index in [2.05, 4.69) is 22.7 Å². The number of para-hydroxylation sites is 1. The highest BCUT2D eigenvalue weighted by Gasteiger charge is 2.37. The maximum Gasteiger partial charge on any atom is 0.240 e. The lowest BCUT2D eigenvalue weighted by molar-refractivity contribution is -0.131. The third-order valence-corrected chi connectivity index (χ3v) is 6.33. The van der Waals surface area contributed by atoms with Crippen molar-refractivity contribution in [2.75, 3.05) is 11.1 Å². The van der Waals surface area contributed by atoms with Crippen molar-refractivity contribution in [1.82, 2.24) is 10.4 Å². The van der Waals surface area contributed by atoms with Gasteiger partial charge in [0.1, 0.15) is 11.9 Å². The quantitative estimate of drug-likeness (QED) is 0.335. The maximum absolute atomic E-state index is 12.0. The smallest absolute Gasteiger partial charge is 0.240 e. The minimum absolute atomic E-state index is 0.0750. The van der Waals surface area contributed by atoms with Crippen molar-refractivity contribution in [3.63, 3.8) is 0 Å². The van der Waals surface area contributed by atoms with Gasteiger partial charge in [-0.3, -0.25) is 20.0 Å². The van der Waals surface area contributed by atoms with Crippen molar-refractivity contribution in [1.29, 1.82) is 0 Å². The number of benzene rings is 1. The zero-order valence-corrected chi connectivity index (χ0v) is 18.2. The number of hydrazine groups is 1. The highest BCUT2D eigenvalue weighted by atomic mass is 32.2. The number of allylic oxidation sites excluding steroid dienone is 2. The number of hydrogen-bond donors (Lipinski definition) is 3. The number of fused-ring (bicyclic) bond motifs is 3. The van der Waals surface area contributed by atoms with Crippen LogP contribution in [0.25, 0.3) is 5.70 Å². The van der Waals surface area contributed by atoms with Gasteiger partial charge < -0.3 is 10.4 Å². The van der Waals surface area contributed by atoms with Crippen LogP contribution in [0.1, 0.15) is 44.6 Å². The molecular weight excluding hydrogens is 412 g/mol. The topological polar surface area (TPSA) is 94.0 Å². The Morgan fingerprint density at radius 3 is 2.71 bits per heavy atom. The van der Waals surface area contributed by atoms with Gasteiger partial charge in [-0.1, -0.05) is 68.6 Å². The van der Waals surface area contributed by atoms with Gasteiger partial charge in [-0.2, -0.15) is 4.99 Å². The van der Waals surface area contributed by atoms with Crippen LogP contribution in [0.4, 0.5) is 5.69 Å². The summed E-state index contributed by atoms with van der Waals surface area (Å²) >= 11 is 1.56. The minimum atomic E-state index is -0.555. The van der Waals surface area contributed by atoms with Crippen LogP contribution in [-0.2, 0) is 9.59 Å². The number of amidine groups is 1. The average Bonchev–Trinajstić information content (AvgIpc) is 2.77.